The number of hydrogen-bond donors (Lipinski definition) is 2. The Morgan fingerprint density at radius 2 is 1.86 bits per heavy atom. The number of sulfonamides is 1. The number of aromatic nitrogens is 1. The summed E-state index contributed by atoms with van der Waals surface area (Å²) in [6.45, 7) is 3.15. The topological polar surface area (TPSA) is 80.3 Å². The number of nitrogens with one attached hydrogen (secondary N) is 2. The summed E-state index contributed by atoms with van der Waals surface area (Å²) < 4.78 is 31.8. The second kappa shape index (κ2) is 7.24. The molecule has 118 valence electrons. The van der Waals surface area contributed by atoms with Gasteiger partial charge in [0.1, 0.15) is 5.82 Å². The predicted molar refractivity (Wildman–Crippen MR) is 86.6 cm³/mol. The van der Waals surface area contributed by atoms with Crippen LogP contribution in [0.3, 0.4) is 0 Å². The molecule has 0 amide bonds. The molecule has 1 heterocycles. The van der Waals surface area contributed by atoms with Gasteiger partial charge in [-0.2, -0.15) is 0 Å². The van der Waals surface area contributed by atoms with Crippen LogP contribution >= 0.6 is 0 Å². The van der Waals surface area contributed by atoms with Gasteiger partial charge in [0, 0.05) is 13.7 Å². The Morgan fingerprint density at radius 1 is 1.14 bits per heavy atom. The number of ether oxygens (including phenoxy) is 1. The zero-order chi connectivity index (χ0) is 16.0. The van der Waals surface area contributed by atoms with E-state index in [-0.39, 0.29) is 10.7 Å². The smallest absolute Gasteiger partial charge is 0.263 e. The minimum Gasteiger partial charge on any atom is -0.383 e. The zero-order valence-corrected chi connectivity index (χ0v) is 13.4. The Kier molecular flexibility index (Phi) is 5.35. The van der Waals surface area contributed by atoms with Crippen molar-refractivity contribution in [3.63, 3.8) is 0 Å². The first-order chi connectivity index (χ1) is 10.5. The summed E-state index contributed by atoms with van der Waals surface area (Å²) >= 11 is 0. The fourth-order valence-electron chi connectivity index (χ4n) is 1.77. The molecular weight excluding hydrogens is 302 g/mol. The summed E-state index contributed by atoms with van der Waals surface area (Å²) in [6, 6.07) is 10.0. The van der Waals surface area contributed by atoms with Gasteiger partial charge in [-0.25, -0.2) is 13.4 Å². The molecule has 6 nitrogen and oxygen atoms in total. The van der Waals surface area contributed by atoms with Crippen LogP contribution in [-0.4, -0.2) is 33.7 Å². The molecule has 0 aliphatic rings. The van der Waals surface area contributed by atoms with Crippen molar-refractivity contribution in [3.8, 4) is 0 Å². The molecule has 22 heavy (non-hydrogen) atoms. The van der Waals surface area contributed by atoms with Crippen molar-refractivity contribution >= 4 is 21.5 Å². The Morgan fingerprint density at radius 3 is 2.45 bits per heavy atom. The van der Waals surface area contributed by atoms with Gasteiger partial charge in [-0.05, 0) is 31.2 Å². The number of methoxy groups -OCH3 is 1. The quantitative estimate of drug-likeness (QED) is 0.765. The normalized spacial score (nSPS) is 11.2. The number of anilines is 2. The first-order valence-electron chi connectivity index (χ1n) is 6.79. The monoisotopic (exact) mass is 321 g/mol. The number of rotatable bonds is 7. The molecule has 0 atom stereocenters. The van der Waals surface area contributed by atoms with E-state index in [4.69, 9.17) is 4.74 Å². The predicted octanol–water partition coefficient (Wildman–Crippen LogP) is 2.25. The molecule has 0 bridgehead atoms. The highest BCUT2D eigenvalue weighted by Crippen LogP contribution is 2.16. The molecule has 0 saturated heterocycles. The van der Waals surface area contributed by atoms with Crippen LogP contribution < -0.4 is 10.0 Å². The first kappa shape index (κ1) is 16.3. The first-order valence-corrected chi connectivity index (χ1v) is 8.28. The molecule has 2 aromatic rings. The van der Waals surface area contributed by atoms with Crippen LogP contribution in [-0.2, 0) is 14.8 Å². The molecule has 2 N–H and O–H groups in total. The molecular formula is C15H19N3O3S. The Hall–Kier alpha value is -2.12. The highest BCUT2D eigenvalue weighted by molar-refractivity contribution is 7.92. The Labute approximate surface area is 130 Å². The second-order valence-electron chi connectivity index (χ2n) is 4.77. The highest BCUT2D eigenvalue weighted by Gasteiger charge is 2.14. The third-order valence-corrected chi connectivity index (χ3v) is 4.34. The maximum atomic E-state index is 12.2. The van der Waals surface area contributed by atoms with Crippen molar-refractivity contribution in [1.29, 1.82) is 0 Å². The fraction of sp³-hybridized carbons (Fsp3) is 0.267. The van der Waals surface area contributed by atoms with Crippen LogP contribution in [0.15, 0.2) is 47.5 Å². The summed E-state index contributed by atoms with van der Waals surface area (Å²) in [6.07, 6.45) is 1.57. The van der Waals surface area contributed by atoms with Crippen molar-refractivity contribution in [3.05, 3.63) is 48.2 Å². The van der Waals surface area contributed by atoms with E-state index in [0.29, 0.717) is 13.2 Å². The second-order valence-corrected chi connectivity index (χ2v) is 6.45. The molecule has 0 radical (unpaired) electrons. The van der Waals surface area contributed by atoms with Gasteiger partial charge in [0.2, 0.25) is 0 Å². The lowest BCUT2D eigenvalue weighted by Crippen LogP contribution is -2.14. The van der Waals surface area contributed by atoms with E-state index in [0.717, 1.165) is 11.3 Å². The molecule has 7 heteroatoms. The summed E-state index contributed by atoms with van der Waals surface area (Å²) in [5, 5.41) is 3.11. The van der Waals surface area contributed by atoms with E-state index in [1.54, 1.807) is 49.7 Å². The minimum atomic E-state index is -3.62. The highest BCUT2D eigenvalue weighted by atomic mass is 32.2. The van der Waals surface area contributed by atoms with E-state index < -0.39 is 10.0 Å². The molecule has 0 saturated carbocycles. The summed E-state index contributed by atoms with van der Waals surface area (Å²) in [5.41, 5.74) is 1.80. The van der Waals surface area contributed by atoms with Gasteiger partial charge in [-0.3, -0.25) is 4.72 Å². The lowest BCUT2D eigenvalue weighted by Gasteiger charge is -2.09. The van der Waals surface area contributed by atoms with E-state index in [2.05, 4.69) is 15.0 Å². The van der Waals surface area contributed by atoms with Crippen molar-refractivity contribution < 1.29 is 13.2 Å². The summed E-state index contributed by atoms with van der Waals surface area (Å²) in [4.78, 5) is 4.30. The van der Waals surface area contributed by atoms with Gasteiger partial charge >= 0.3 is 0 Å². The molecule has 1 aromatic carbocycles. The third kappa shape index (κ3) is 4.44. The number of hydrogen-bond acceptors (Lipinski definition) is 5. The van der Waals surface area contributed by atoms with Crippen molar-refractivity contribution in [2.75, 3.05) is 30.3 Å². The van der Waals surface area contributed by atoms with Crippen LogP contribution in [0.25, 0.3) is 0 Å². The molecule has 1 aromatic heterocycles. The maximum Gasteiger partial charge on any atom is 0.263 e. The van der Waals surface area contributed by atoms with Gasteiger partial charge in [-0.15, -0.1) is 0 Å². The van der Waals surface area contributed by atoms with E-state index >= 15 is 0 Å². The molecule has 0 fully saturated rings. The molecule has 2 rings (SSSR count). The van der Waals surface area contributed by atoms with Crippen molar-refractivity contribution in [1.82, 2.24) is 4.98 Å². The van der Waals surface area contributed by atoms with Crippen LogP contribution in [0.2, 0.25) is 0 Å². The zero-order valence-electron chi connectivity index (χ0n) is 12.5. The van der Waals surface area contributed by atoms with Crippen LogP contribution in [0.4, 0.5) is 11.5 Å². The van der Waals surface area contributed by atoms with Crippen LogP contribution in [0, 0.1) is 6.92 Å². The van der Waals surface area contributed by atoms with Gasteiger partial charge in [0.05, 0.1) is 23.4 Å². The van der Waals surface area contributed by atoms with Gasteiger partial charge in [0.25, 0.3) is 10.0 Å². The minimum absolute atomic E-state index is 0.210. The third-order valence-electron chi connectivity index (χ3n) is 2.97. The SMILES string of the molecule is COCCNc1ccc(NS(=O)(=O)c2ccc(C)cc2)nc1. The Balaban J connectivity index is 2.05. The van der Waals surface area contributed by atoms with Gasteiger partial charge in [0.15, 0.2) is 0 Å². The van der Waals surface area contributed by atoms with E-state index in [1.807, 2.05) is 6.92 Å². The average molecular weight is 321 g/mol. The maximum absolute atomic E-state index is 12.2. The van der Waals surface area contributed by atoms with Gasteiger partial charge in [-0.1, -0.05) is 17.7 Å². The van der Waals surface area contributed by atoms with Crippen molar-refractivity contribution in [2.24, 2.45) is 0 Å². The largest absolute Gasteiger partial charge is 0.383 e. The molecule has 0 unspecified atom stereocenters. The Bertz CT molecular complexity index is 698. The van der Waals surface area contributed by atoms with E-state index in [9.17, 15) is 8.42 Å². The summed E-state index contributed by atoms with van der Waals surface area (Å²) in [7, 11) is -1.99. The lowest BCUT2D eigenvalue weighted by atomic mass is 10.2. The molecule has 0 aliphatic heterocycles. The standard InChI is InChI=1S/C15H19N3O3S/c1-12-3-6-14(7-4-12)22(19,20)18-15-8-5-13(11-17-15)16-9-10-21-2/h3-8,11,16H,9-10H2,1-2H3,(H,17,18). The number of pyridine rings is 1. The number of aryl methyl sites for hydroxylation is 1. The molecule has 0 aliphatic carbocycles. The van der Waals surface area contributed by atoms with Crippen LogP contribution in [0.5, 0.6) is 0 Å². The molecule has 0 spiro atoms. The lowest BCUT2D eigenvalue weighted by molar-refractivity contribution is 0.211. The fourth-order valence-corrected chi connectivity index (χ4v) is 2.78. The van der Waals surface area contributed by atoms with E-state index in [1.165, 1.54) is 0 Å². The van der Waals surface area contributed by atoms with Crippen LogP contribution in [0.1, 0.15) is 5.56 Å². The number of nitrogens with zero attached hydrogens (tertiary/aromatic N) is 1. The average Bonchev–Trinajstić information content (AvgIpc) is 2.49. The van der Waals surface area contributed by atoms with Crippen molar-refractivity contribution in [2.45, 2.75) is 11.8 Å². The van der Waals surface area contributed by atoms with Gasteiger partial charge < -0.3 is 10.1 Å². The summed E-state index contributed by atoms with van der Waals surface area (Å²) in [5.74, 6) is 0.276. The number of benzene rings is 1.